The van der Waals surface area contributed by atoms with E-state index in [1.54, 1.807) is 32.9 Å². The van der Waals surface area contributed by atoms with E-state index in [9.17, 15) is 9.18 Å². The van der Waals surface area contributed by atoms with Gasteiger partial charge in [0.15, 0.2) is 5.82 Å². The van der Waals surface area contributed by atoms with Crippen molar-refractivity contribution >= 4 is 57.5 Å². The molecular formula is C24H27Cl2F2N5O. The van der Waals surface area contributed by atoms with Crippen LogP contribution in [0, 0.1) is 11.2 Å². The van der Waals surface area contributed by atoms with E-state index < -0.39 is 17.4 Å². The summed E-state index contributed by atoms with van der Waals surface area (Å²) < 4.78 is 28.7. The van der Waals surface area contributed by atoms with E-state index >= 15 is 4.39 Å². The molecule has 1 aliphatic rings. The van der Waals surface area contributed by atoms with Gasteiger partial charge < -0.3 is 20.5 Å². The highest BCUT2D eigenvalue weighted by molar-refractivity contribution is 6.34. The third-order valence-corrected chi connectivity index (χ3v) is 6.47. The number of anilines is 3. The van der Waals surface area contributed by atoms with Crippen molar-refractivity contribution in [2.75, 3.05) is 23.3 Å². The summed E-state index contributed by atoms with van der Waals surface area (Å²) in [4.78, 5) is 21.8. The topological polar surface area (TPSA) is 73.1 Å². The lowest BCUT2D eigenvalue weighted by molar-refractivity contribution is -0.128. The van der Waals surface area contributed by atoms with E-state index in [1.165, 1.54) is 6.07 Å². The van der Waals surface area contributed by atoms with Crippen LogP contribution >= 0.6 is 23.2 Å². The van der Waals surface area contributed by atoms with E-state index in [1.807, 2.05) is 6.07 Å². The van der Waals surface area contributed by atoms with E-state index in [0.717, 1.165) is 5.69 Å². The Kier molecular flexibility index (Phi) is 6.92. The average Bonchev–Trinajstić information content (AvgIpc) is 3.16. The van der Waals surface area contributed by atoms with Crippen LogP contribution in [0.1, 0.15) is 39.2 Å². The molecule has 0 bridgehead atoms. The lowest BCUT2D eigenvalue weighted by Gasteiger charge is -2.31. The summed E-state index contributed by atoms with van der Waals surface area (Å²) in [6.07, 6.45) is 0.155. The standard InChI is InChI=1S/C24H27Cl2F2N5O/c1-24(2,3)22(34)29-12-13-4-5-15(25)21(20(13)28)32-23-30-17-10-16(26)19(11-18(17)31-23)33-8-6-14(27)7-9-33/h4-5,10-11,14H,6-9,12H2,1-3H3,(H,29,34)(H2,30,31,32). The van der Waals surface area contributed by atoms with Crippen LogP contribution in [0.15, 0.2) is 24.3 Å². The highest BCUT2D eigenvalue weighted by Gasteiger charge is 2.23. The van der Waals surface area contributed by atoms with E-state index in [2.05, 4.69) is 25.5 Å². The highest BCUT2D eigenvalue weighted by Crippen LogP contribution is 2.35. The first-order chi connectivity index (χ1) is 16.0. The smallest absolute Gasteiger partial charge is 0.225 e. The molecule has 1 aromatic heterocycles. The van der Waals surface area contributed by atoms with Crippen LogP contribution in [0.2, 0.25) is 10.0 Å². The molecule has 34 heavy (non-hydrogen) atoms. The van der Waals surface area contributed by atoms with Crippen LogP contribution in [-0.2, 0) is 11.3 Å². The van der Waals surface area contributed by atoms with Crippen LogP contribution in [0.4, 0.5) is 26.1 Å². The molecule has 1 amide bonds. The third kappa shape index (κ3) is 5.23. The van der Waals surface area contributed by atoms with Crippen molar-refractivity contribution in [1.29, 1.82) is 0 Å². The lowest BCUT2D eigenvalue weighted by Crippen LogP contribution is -2.34. The molecule has 3 N–H and O–H groups in total. The van der Waals surface area contributed by atoms with E-state index in [4.69, 9.17) is 23.2 Å². The second-order valence-corrected chi connectivity index (χ2v) is 10.3. The molecule has 182 valence electrons. The molecule has 0 radical (unpaired) electrons. The zero-order valence-electron chi connectivity index (χ0n) is 19.2. The molecule has 1 saturated heterocycles. The maximum Gasteiger partial charge on any atom is 0.225 e. The van der Waals surface area contributed by atoms with E-state index in [0.29, 0.717) is 53.5 Å². The van der Waals surface area contributed by atoms with Gasteiger partial charge in [0, 0.05) is 30.6 Å². The highest BCUT2D eigenvalue weighted by atomic mass is 35.5. The van der Waals surface area contributed by atoms with Crippen LogP contribution in [0.3, 0.4) is 0 Å². The predicted molar refractivity (Wildman–Crippen MR) is 133 cm³/mol. The van der Waals surface area contributed by atoms with Gasteiger partial charge in [-0.25, -0.2) is 13.8 Å². The number of fused-ring (bicyclic) bond motifs is 1. The quantitative estimate of drug-likeness (QED) is 0.374. The number of carbonyl (C=O) groups excluding carboxylic acids is 1. The fourth-order valence-electron chi connectivity index (χ4n) is 3.82. The molecule has 6 nitrogen and oxygen atoms in total. The fraction of sp³-hybridized carbons (Fsp3) is 0.417. The SMILES string of the molecule is CC(C)(C)C(=O)NCc1ccc(Cl)c(Nc2nc3cc(Cl)c(N4CCC(F)CC4)cc3[nH]2)c1F. The number of piperidine rings is 1. The third-order valence-electron chi connectivity index (χ3n) is 5.85. The molecule has 0 spiro atoms. The Bertz CT molecular complexity index is 1220. The first-order valence-corrected chi connectivity index (χ1v) is 11.9. The molecule has 0 unspecified atom stereocenters. The van der Waals surface area contributed by atoms with Crippen molar-refractivity contribution in [3.8, 4) is 0 Å². The van der Waals surface area contributed by atoms with Crippen LogP contribution in [0.5, 0.6) is 0 Å². The average molecular weight is 510 g/mol. The number of nitrogens with zero attached hydrogens (tertiary/aromatic N) is 2. The Hall–Kier alpha value is -2.58. The Morgan fingerprint density at radius 2 is 1.91 bits per heavy atom. The number of nitrogens with one attached hydrogen (secondary N) is 3. The number of aromatic nitrogens is 2. The summed E-state index contributed by atoms with van der Waals surface area (Å²) in [5, 5.41) is 6.36. The number of aromatic amines is 1. The Labute approximate surface area is 207 Å². The number of hydrogen-bond donors (Lipinski definition) is 3. The molecule has 0 saturated carbocycles. The van der Waals surface area contributed by atoms with Crippen molar-refractivity contribution in [3.05, 3.63) is 45.7 Å². The first kappa shape index (κ1) is 24.5. The molecule has 2 heterocycles. The molecule has 2 aromatic carbocycles. The fourth-order valence-corrected chi connectivity index (χ4v) is 4.29. The molecule has 4 rings (SSSR count). The zero-order valence-corrected chi connectivity index (χ0v) is 20.7. The number of carbonyl (C=O) groups is 1. The number of imidazole rings is 1. The summed E-state index contributed by atoms with van der Waals surface area (Å²) in [7, 11) is 0. The number of amides is 1. The van der Waals surface area contributed by atoms with Gasteiger partial charge in [-0.05, 0) is 31.0 Å². The minimum atomic E-state index is -0.779. The van der Waals surface area contributed by atoms with Crippen LogP contribution < -0.4 is 15.5 Å². The van der Waals surface area contributed by atoms with Gasteiger partial charge in [-0.15, -0.1) is 0 Å². The summed E-state index contributed by atoms with van der Waals surface area (Å²) in [6.45, 7) is 6.57. The normalized spacial score (nSPS) is 15.1. The molecular weight excluding hydrogens is 483 g/mol. The van der Waals surface area contributed by atoms with Gasteiger partial charge in [0.2, 0.25) is 11.9 Å². The molecule has 0 aliphatic carbocycles. The monoisotopic (exact) mass is 509 g/mol. The second-order valence-electron chi connectivity index (χ2n) is 9.52. The number of benzene rings is 2. The molecule has 10 heteroatoms. The molecule has 0 atom stereocenters. The summed E-state index contributed by atoms with van der Waals surface area (Å²) in [5.74, 6) is -0.464. The van der Waals surface area contributed by atoms with Gasteiger partial charge in [0.1, 0.15) is 6.17 Å². The summed E-state index contributed by atoms with van der Waals surface area (Å²) >= 11 is 12.7. The molecule has 1 fully saturated rings. The predicted octanol–water partition coefficient (Wildman–Crippen LogP) is 6.35. The number of rotatable bonds is 5. The molecule has 1 aliphatic heterocycles. The maximum absolute atomic E-state index is 15.2. The largest absolute Gasteiger partial charge is 0.370 e. The van der Waals surface area contributed by atoms with Crippen molar-refractivity contribution in [1.82, 2.24) is 15.3 Å². The number of halogens is 4. The van der Waals surface area contributed by atoms with Crippen molar-refractivity contribution in [3.63, 3.8) is 0 Å². The Morgan fingerprint density at radius 3 is 2.59 bits per heavy atom. The van der Waals surface area contributed by atoms with Gasteiger partial charge in [-0.3, -0.25) is 4.79 Å². The van der Waals surface area contributed by atoms with Crippen molar-refractivity contribution in [2.45, 2.75) is 46.3 Å². The Morgan fingerprint density at radius 1 is 1.21 bits per heavy atom. The van der Waals surface area contributed by atoms with Gasteiger partial charge in [-0.1, -0.05) is 50.0 Å². The minimum Gasteiger partial charge on any atom is -0.370 e. The van der Waals surface area contributed by atoms with Crippen LogP contribution in [-0.4, -0.2) is 35.1 Å². The maximum atomic E-state index is 15.2. The minimum absolute atomic E-state index is 0.0302. The Balaban J connectivity index is 1.57. The van der Waals surface area contributed by atoms with Crippen molar-refractivity contribution in [2.24, 2.45) is 5.41 Å². The number of H-pyrrole nitrogens is 1. The van der Waals surface area contributed by atoms with Gasteiger partial charge in [-0.2, -0.15) is 0 Å². The van der Waals surface area contributed by atoms with Crippen LogP contribution in [0.25, 0.3) is 11.0 Å². The number of alkyl halides is 1. The summed E-state index contributed by atoms with van der Waals surface area (Å²) in [5.41, 5.74) is 1.87. The number of hydrogen-bond acceptors (Lipinski definition) is 4. The first-order valence-electron chi connectivity index (χ1n) is 11.1. The molecule has 3 aromatic rings. The second kappa shape index (κ2) is 9.58. The van der Waals surface area contributed by atoms with Gasteiger partial charge in [0.25, 0.3) is 0 Å². The van der Waals surface area contributed by atoms with Gasteiger partial charge >= 0.3 is 0 Å². The zero-order chi connectivity index (χ0) is 24.6. The van der Waals surface area contributed by atoms with E-state index in [-0.39, 0.29) is 23.2 Å². The van der Waals surface area contributed by atoms with Gasteiger partial charge in [0.05, 0.1) is 32.5 Å². The van der Waals surface area contributed by atoms with Crippen molar-refractivity contribution < 1.29 is 13.6 Å². The lowest BCUT2D eigenvalue weighted by atomic mass is 9.95. The summed E-state index contributed by atoms with van der Waals surface area (Å²) in [6, 6.07) is 6.70.